The highest BCUT2D eigenvalue weighted by molar-refractivity contribution is 6.01. The van der Waals surface area contributed by atoms with Gasteiger partial charge in [-0.3, -0.25) is 4.79 Å². The minimum Gasteiger partial charge on any atom is -0.352 e. The summed E-state index contributed by atoms with van der Waals surface area (Å²) in [4.78, 5) is 14.5. The molecule has 122 valence electrons. The van der Waals surface area contributed by atoms with Crippen LogP contribution in [0.5, 0.6) is 0 Å². The quantitative estimate of drug-likeness (QED) is 0.631. The van der Waals surface area contributed by atoms with E-state index in [0.717, 1.165) is 23.4 Å². The van der Waals surface area contributed by atoms with Crippen LogP contribution in [0.15, 0.2) is 35.9 Å². The van der Waals surface area contributed by atoms with Crippen LogP contribution in [-0.2, 0) is 24.8 Å². The van der Waals surface area contributed by atoms with Crippen molar-refractivity contribution in [3.05, 3.63) is 64.0 Å². The molecule has 0 saturated carbocycles. The number of nitrogens with zero attached hydrogens (tertiary/aromatic N) is 3. The third kappa shape index (κ3) is 2.85. The number of carbonyl (C=O) groups is 1. The summed E-state index contributed by atoms with van der Waals surface area (Å²) in [6.45, 7) is 5.23. The van der Waals surface area contributed by atoms with E-state index in [9.17, 15) is 10.1 Å². The van der Waals surface area contributed by atoms with Gasteiger partial charge in [-0.05, 0) is 49.1 Å². The number of benzene rings is 1. The maximum Gasteiger partial charge on any atom is 0.264 e. The summed E-state index contributed by atoms with van der Waals surface area (Å²) in [6.07, 6.45) is 2.55. The van der Waals surface area contributed by atoms with E-state index in [1.807, 2.05) is 39.1 Å². The molecule has 1 amide bonds. The third-order valence-electron chi connectivity index (χ3n) is 4.88. The fourth-order valence-corrected chi connectivity index (χ4v) is 3.17. The van der Waals surface area contributed by atoms with E-state index in [0.29, 0.717) is 13.1 Å². The van der Waals surface area contributed by atoms with E-state index in [2.05, 4.69) is 22.8 Å². The number of nitriles is 1. The highest BCUT2D eigenvalue weighted by atomic mass is 16.2. The van der Waals surface area contributed by atoms with E-state index < -0.39 is 0 Å². The Labute approximate surface area is 142 Å². The number of rotatable bonds is 2. The van der Waals surface area contributed by atoms with Crippen molar-refractivity contribution in [2.45, 2.75) is 26.8 Å². The zero-order valence-corrected chi connectivity index (χ0v) is 14.3. The molecule has 1 aliphatic heterocycles. The first kappa shape index (κ1) is 16.1. The van der Waals surface area contributed by atoms with Gasteiger partial charge in [0.15, 0.2) is 0 Å². The van der Waals surface area contributed by atoms with Gasteiger partial charge in [0.25, 0.3) is 5.91 Å². The lowest BCUT2D eigenvalue weighted by atomic mass is 9.99. The Balaban J connectivity index is 1.87. The van der Waals surface area contributed by atoms with Gasteiger partial charge in [-0.25, -0.2) is 0 Å². The van der Waals surface area contributed by atoms with Crippen molar-refractivity contribution in [2.24, 2.45) is 7.05 Å². The van der Waals surface area contributed by atoms with Gasteiger partial charge in [-0.1, -0.05) is 24.3 Å². The molecule has 0 spiro atoms. The van der Waals surface area contributed by atoms with Gasteiger partial charge in [0, 0.05) is 31.5 Å². The molecule has 0 fully saturated rings. The van der Waals surface area contributed by atoms with Crippen LogP contribution in [0.25, 0.3) is 6.08 Å². The van der Waals surface area contributed by atoms with Gasteiger partial charge in [-0.15, -0.1) is 0 Å². The van der Waals surface area contributed by atoms with E-state index in [4.69, 9.17) is 0 Å². The zero-order valence-electron chi connectivity index (χ0n) is 14.3. The normalized spacial score (nSPS) is 14.2. The Morgan fingerprint density at radius 3 is 2.58 bits per heavy atom. The van der Waals surface area contributed by atoms with E-state index >= 15 is 0 Å². The number of amides is 1. The van der Waals surface area contributed by atoms with Gasteiger partial charge in [0.05, 0.1) is 0 Å². The zero-order chi connectivity index (χ0) is 17.3. The van der Waals surface area contributed by atoms with Gasteiger partial charge >= 0.3 is 0 Å². The lowest BCUT2D eigenvalue weighted by Gasteiger charge is -2.28. The minimum atomic E-state index is -0.187. The molecule has 2 heterocycles. The SMILES string of the molecule is Cc1cc(C=C(C#N)C(=O)N2CCc3ccccc3C2)c(C)n1C. The maximum absolute atomic E-state index is 12.8. The second-order valence-corrected chi connectivity index (χ2v) is 6.30. The van der Waals surface area contributed by atoms with Gasteiger partial charge < -0.3 is 9.47 Å². The molecular formula is C20H21N3O. The Morgan fingerprint density at radius 1 is 1.25 bits per heavy atom. The first-order chi connectivity index (χ1) is 11.5. The summed E-state index contributed by atoms with van der Waals surface area (Å²) in [5, 5.41) is 9.48. The van der Waals surface area contributed by atoms with E-state index in [1.165, 1.54) is 11.1 Å². The number of aromatic nitrogens is 1. The van der Waals surface area contributed by atoms with Crippen LogP contribution >= 0.6 is 0 Å². The topological polar surface area (TPSA) is 49.0 Å². The van der Waals surface area contributed by atoms with Gasteiger partial charge in [0.1, 0.15) is 11.6 Å². The summed E-state index contributed by atoms with van der Waals surface area (Å²) in [7, 11) is 1.98. The van der Waals surface area contributed by atoms with Crippen molar-refractivity contribution in [3.8, 4) is 6.07 Å². The summed E-state index contributed by atoms with van der Waals surface area (Å²) >= 11 is 0. The molecule has 1 aromatic carbocycles. The first-order valence-corrected chi connectivity index (χ1v) is 8.12. The lowest BCUT2D eigenvalue weighted by Crippen LogP contribution is -2.36. The number of carbonyl (C=O) groups excluding carboxylic acids is 1. The molecule has 0 radical (unpaired) electrons. The highest BCUT2D eigenvalue weighted by Crippen LogP contribution is 2.22. The van der Waals surface area contributed by atoms with Gasteiger partial charge in [0.2, 0.25) is 0 Å². The van der Waals surface area contributed by atoms with Crippen molar-refractivity contribution in [2.75, 3.05) is 6.54 Å². The van der Waals surface area contributed by atoms with E-state index in [1.54, 1.807) is 11.0 Å². The number of hydrogen-bond donors (Lipinski definition) is 0. The average Bonchev–Trinajstić information content (AvgIpc) is 2.85. The molecule has 1 aliphatic rings. The van der Waals surface area contributed by atoms with Crippen LogP contribution in [0.4, 0.5) is 0 Å². The Bertz CT molecular complexity index is 867. The second-order valence-electron chi connectivity index (χ2n) is 6.30. The van der Waals surface area contributed by atoms with Crippen LogP contribution in [-0.4, -0.2) is 21.9 Å². The monoisotopic (exact) mass is 319 g/mol. The molecule has 3 rings (SSSR count). The minimum absolute atomic E-state index is 0.187. The highest BCUT2D eigenvalue weighted by Gasteiger charge is 2.23. The van der Waals surface area contributed by atoms with Crippen LogP contribution in [0, 0.1) is 25.2 Å². The molecule has 2 aromatic rings. The van der Waals surface area contributed by atoms with E-state index in [-0.39, 0.29) is 11.5 Å². The number of hydrogen-bond acceptors (Lipinski definition) is 2. The van der Waals surface area contributed by atoms with Crippen LogP contribution in [0.1, 0.15) is 28.1 Å². The predicted octanol–water partition coefficient (Wildman–Crippen LogP) is 3.13. The largest absolute Gasteiger partial charge is 0.352 e. The second kappa shape index (κ2) is 6.37. The molecule has 4 nitrogen and oxygen atoms in total. The standard InChI is InChI=1S/C20H21N3O/c1-14-10-18(15(2)22(14)3)11-19(12-21)20(24)23-9-8-16-6-4-5-7-17(16)13-23/h4-7,10-11H,8-9,13H2,1-3H3. The van der Waals surface area contributed by atoms with Crippen molar-refractivity contribution in [1.82, 2.24) is 9.47 Å². The van der Waals surface area contributed by atoms with Crippen molar-refractivity contribution in [1.29, 1.82) is 5.26 Å². The maximum atomic E-state index is 12.8. The summed E-state index contributed by atoms with van der Waals surface area (Å²) in [5.74, 6) is -0.187. The molecule has 1 aromatic heterocycles. The summed E-state index contributed by atoms with van der Waals surface area (Å²) < 4.78 is 2.06. The number of aryl methyl sites for hydroxylation is 1. The molecule has 0 atom stereocenters. The molecule has 0 saturated heterocycles. The smallest absolute Gasteiger partial charge is 0.264 e. The lowest BCUT2D eigenvalue weighted by molar-refractivity contribution is -0.127. The molecular weight excluding hydrogens is 298 g/mol. The fourth-order valence-electron chi connectivity index (χ4n) is 3.17. The van der Waals surface area contributed by atoms with Crippen molar-refractivity contribution < 1.29 is 4.79 Å². The molecule has 0 bridgehead atoms. The van der Waals surface area contributed by atoms with Crippen LogP contribution in [0.2, 0.25) is 0 Å². The molecule has 0 unspecified atom stereocenters. The van der Waals surface area contributed by atoms with Crippen molar-refractivity contribution in [3.63, 3.8) is 0 Å². The van der Waals surface area contributed by atoms with Crippen LogP contribution in [0.3, 0.4) is 0 Å². The third-order valence-corrected chi connectivity index (χ3v) is 4.88. The average molecular weight is 319 g/mol. The predicted molar refractivity (Wildman–Crippen MR) is 94.0 cm³/mol. The van der Waals surface area contributed by atoms with Gasteiger partial charge in [-0.2, -0.15) is 5.26 Å². The number of fused-ring (bicyclic) bond motifs is 1. The summed E-state index contributed by atoms with van der Waals surface area (Å²) in [5.41, 5.74) is 5.74. The molecule has 24 heavy (non-hydrogen) atoms. The summed E-state index contributed by atoms with van der Waals surface area (Å²) in [6, 6.07) is 12.3. The fraction of sp³-hybridized carbons (Fsp3) is 0.300. The molecule has 0 aliphatic carbocycles. The molecule has 0 N–H and O–H groups in total. The Morgan fingerprint density at radius 2 is 1.96 bits per heavy atom. The van der Waals surface area contributed by atoms with Crippen LogP contribution < -0.4 is 0 Å². The van der Waals surface area contributed by atoms with Crippen molar-refractivity contribution >= 4 is 12.0 Å². The molecule has 4 heteroatoms. The first-order valence-electron chi connectivity index (χ1n) is 8.12. The Hall–Kier alpha value is -2.80. The Kier molecular flexibility index (Phi) is 4.26.